The average Bonchev–Trinajstić information content (AvgIpc) is 3.01. The molecule has 1 saturated heterocycles. The zero-order valence-electron chi connectivity index (χ0n) is 10.8. The van der Waals surface area contributed by atoms with Gasteiger partial charge in [0.05, 0.1) is 13.2 Å². The monoisotopic (exact) mass is 255 g/mol. The van der Waals surface area contributed by atoms with Gasteiger partial charge < -0.3 is 9.47 Å². The quantitative estimate of drug-likeness (QED) is 0.841. The van der Waals surface area contributed by atoms with Crippen molar-refractivity contribution < 1.29 is 9.47 Å². The lowest BCUT2D eigenvalue weighted by Gasteiger charge is -2.14. The van der Waals surface area contributed by atoms with E-state index in [1.807, 2.05) is 18.3 Å². The molecule has 2 heterocycles. The Hall–Kier alpha value is -1.71. The average molecular weight is 255 g/mol. The molecule has 2 aromatic rings. The molecular formula is C16H17NO2. The second kappa shape index (κ2) is 5.95. The predicted molar refractivity (Wildman–Crippen MR) is 72.7 cm³/mol. The fourth-order valence-corrected chi connectivity index (χ4v) is 2.35. The largest absolute Gasteiger partial charge is 0.346 e. The summed E-state index contributed by atoms with van der Waals surface area (Å²) in [5.74, 6) is 0. The molecule has 1 aliphatic rings. The highest BCUT2D eigenvalue weighted by Crippen LogP contribution is 2.27. The first-order valence-corrected chi connectivity index (χ1v) is 6.63. The minimum atomic E-state index is -0.190. The van der Waals surface area contributed by atoms with E-state index in [1.165, 1.54) is 11.1 Å². The minimum Gasteiger partial charge on any atom is -0.346 e. The molecule has 0 N–H and O–H groups in total. The predicted octanol–water partition coefficient (Wildman–Crippen LogP) is 2.91. The Bertz CT molecular complexity index is 521. The molecule has 0 spiro atoms. The van der Waals surface area contributed by atoms with Crippen LogP contribution in [0.5, 0.6) is 0 Å². The van der Waals surface area contributed by atoms with Gasteiger partial charge in [-0.3, -0.25) is 4.98 Å². The molecule has 0 amide bonds. The molecule has 98 valence electrons. The first kappa shape index (κ1) is 12.3. The topological polar surface area (TPSA) is 31.4 Å². The third-order valence-electron chi connectivity index (χ3n) is 3.34. The highest BCUT2D eigenvalue weighted by molar-refractivity contribution is 5.29. The summed E-state index contributed by atoms with van der Waals surface area (Å²) in [5.41, 5.74) is 3.70. The van der Waals surface area contributed by atoms with Gasteiger partial charge in [-0.1, -0.05) is 30.3 Å². The summed E-state index contributed by atoms with van der Waals surface area (Å²) in [4.78, 5) is 4.15. The second-order valence-corrected chi connectivity index (χ2v) is 4.63. The number of aromatic nitrogens is 1. The van der Waals surface area contributed by atoms with Crippen LogP contribution >= 0.6 is 0 Å². The van der Waals surface area contributed by atoms with Crippen molar-refractivity contribution in [3.63, 3.8) is 0 Å². The summed E-state index contributed by atoms with van der Waals surface area (Å²) >= 11 is 0. The number of pyridine rings is 1. The van der Waals surface area contributed by atoms with Gasteiger partial charge in [-0.05, 0) is 30.0 Å². The van der Waals surface area contributed by atoms with E-state index in [9.17, 15) is 0 Å². The third kappa shape index (κ3) is 3.00. The Morgan fingerprint density at radius 2 is 1.84 bits per heavy atom. The number of hydrogen-bond acceptors (Lipinski definition) is 3. The summed E-state index contributed by atoms with van der Waals surface area (Å²) in [5, 5.41) is 0. The van der Waals surface area contributed by atoms with Gasteiger partial charge in [0.15, 0.2) is 6.29 Å². The first-order valence-electron chi connectivity index (χ1n) is 6.63. The van der Waals surface area contributed by atoms with Crippen LogP contribution in [0.4, 0.5) is 0 Å². The Kier molecular flexibility index (Phi) is 3.86. The third-order valence-corrected chi connectivity index (χ3v) is 3.34. The summed E-state index contributed by atoms with van der Waals surface area (Å²) in [7, 11) is 0. The van der Waals surface area contributed by atoms with Crippen molar-refractivity contribution in [3.05, 3.63) is 65.5 Å². The Labute approximate surface area is 113 Å². The first-order chi connectivity index (χ1) is 9.43. The van der Waals surface area contributed by atoms with Crippen molar-refractivity contribution in [2.24, 2.45) is 0 Å². The number of hydrogen-bond donors (Lipinski definition) is 0. The molecule has 19 heavy (non-hydrogen) atoms. The molecule has 3 heteroatoms. The van der Waals surface area contributed by atoms with Gasteiger partial charge in [0.25, 0.3) is 0 Å². The molecule has 0 saturated carbocycles. The molecule has 1 aliphatic heterocycles. The van der Waals surface area contributed by atoms with Gasteiger partial charge in [-0.25, -0.2) is 0 Å². The highest BCUT2D eigenvalue weighted by Gasteiger charge is 2.20. The van der Waals surface area contributed by atoms with Crippen molar-refractivity contribution in [1.29, 1.82) is 0 Å². The van der Waals surface area contributed by atoms with E-state index in [2.05, 4.69) is 29.2 Å². The molecular weight excluding hydrogens is 238 g/mol. The van der Waals surface area contributed by atoms with E-state index in [0.717, 1.165) is 18.4 Å². The summed E-state index contributed by atoms with van der Waals surface area (Å²) < 4.78 is 11.2. The lowest BCUT2D eigenvalue weighted by Crippen LogP contribution is -2.04. The van der Waals surface area contributed by atoms with Crippen LogP contribution < -0.4 is 0 Å². The normalized spacial score (nSPS) is 15.8. The Balaban J connectivity index is 1.73. The van der Waals surface area contributed by atoms with Crippen LogP contribution in [0.25, 0.3) is 0 Å². The fraction of sp³-hybridized carbons (Fsp3) is 0.312. The molecule has 0 aliphatic carbocycles. The van der Waals surface area contributed by atoms with E-state index in [-0.39, 0.29) is 6.29 Å². The SMILES string of the molecule is c1cncc(CCc2ccccc2C2OCCO2)c1. The number of ether oxygens (including phenoxy) is 2. The van der Waals surface area contributed by atoms with Gasteiger partial charge in [0.1, 0.15) is 0 Å². The van der Waals surface area contributed by atoms with Crippen molar-refractivity contribution in [3.8, 4) is 0 Å². The van der Waals surface area contributed by atoms with Crippen molar-refractivity contribution >= 4 is 0 Å². The molecule has 1 aromatic heterocycles. The van der Waals surface area contributed by atoms with Crippen molar-refractivity contribution in [2.45, 2.75) is 19.1 Å². The van der Waals surface area contributed by atoms with E-state index in [0.29, 0.717) is 13.2 Å². The lowest BCUT2D eigenvalue weighted by molar-refractivity contribution is -0.0447. The van der Waals surface area contributed by atoms with Crippen LogP contribution in [0.1, 0.15) is 23.0 Å². The van der Waals surface area contributed by atoms with Crippen LogP contribution in [0.15, 0.2) is 48.8 Å². The second-order valence-electron chi connectivity index (χ2n) is 4.63. The molecule has 0 atom stereocenters. The number of aryl methyl sites for hydroxylation is 2. The minimum absolute atomic E-state index is 0.190. The van der Waals surface area contributed by atoms with Crippen LogP contribution in [0.2, 0.25) is 0 Å². The molecule has 0 bridgehead atoms. The van der Waals surface area contributed by atoms with E-state index < -0.39 is 0 Å². The van der Waals surface area contributed by atoms with Crippen LogP contribution in [0.3, 0.4) is 0 Å². The molecule has 0 radical (unpaired) electrons. The summed E-state index contributed by atoms with van der Waals surface area (Å²) in [6.07, 6.45) is 5.50. The summed E-state index contributed by atoms with van der Waals surface area (Å²) in [6, 6.07) is 12.4. The fourth-order valence-electron chi connectivity index (χ4n) is 2.35. The summed E-state index contributed by atoms with van der Waals surface area (Å²) in [6.45, 7) is 1.36. The maximum absolute atomic E-state index is 5.60. The standard InChI is InChI=1S/C16H17NO2/c1-2-6-15(16-18-10-11-19-16)14(5-1)8-7-13-4-3-9-17-12-13/h1-6,9,12,16H,7-8,10-11H2. The molecule has 1 fully saturated rings. The highest BCUT2D eigenvalue weighted by atomic mass is 16.7. The molecule has 3 rings (SSSR count). The Morgan fingerprint density at radius 3 is 2.63 bits per heavy atom. The molecule has 3 nitrogen and oxygen atoms in total. The van der Waals surface area contributed by atoms with Gasteiger partial charge in [0, 0.05) is 18.0 Å². The van der Waals surface area contributed by atoms with E-state index >= 15 is 0 Å². The van der Waals surface area contributed by atoms with Gasteiger partial charge in [-0.2, -0.15) is 0 Å². The maximum atomic E-state index is 5.60. The van der Waals surface area contributed by atoms with Crippen molar-refractivity contribution in [2.75, 3.05) is 13.2 Å². The lowest BCUT2D eigenvalue weighted by atomic mass is 10.0. The Morgan fingerprint density at radius 1 is 1.00 bits per heavy atom. The molecule has 0 unspecified atom stereocenters. The van der Waals surface area contributed by atoms with E-state index in [1.54, 1.807) is 6.20 Å². The zero-order valence-corrected chi connectivity index (χ0v) is 10.8. The number of benzene rings is 1. The van der Waals surface area contributed by atoms with Crippen LogP contribution in [-0.2, 0) is 22.3 Å². The van der Waals surface area contributed by atoms with Gasteiger partial charge in [-0.15, -0.1) is 0 Å². The number of rotatable bonds is 4. The van der Waals surface area contributed by atoms with E-state index in [4.69, 9.17) is 9.47 Å². The van der Waals surface area contributed by atoms with Crippen LogP contribution in [0, 0.1) is 0 Å². The van der Waals surface area contributed by atoms with Crippen LogP contribution in [-0.4, -0.2) is 18.2 Å². The van der Waals surface area contributed by atoms with Crippen molar-refractivity contribution in [1.82, 2.24) is 4.98 Å². The molecule has 1 aromatic carbocycles. The van der Waals surface area contributed by atoms with Gasteiger partial charge >= 0.3 is 0 Å². The smallest absolute Gasteiger partial charge is 0.184 e. The number of nitrogens with zero attached hydrogens (tertiary/aromatic N) is 1. The van der Waals surface area contributed by atoms with Gasteiger partial charge in [0.2, 0.25) is 0 Å². The zero-order chi connectivity index (χ0) is 12.9. The maximum Gasteiger partial charge on any atom is 0.184 e.